The van der Waals surface area contributed by atoms with E-state index in [4.69, 9.17) is 4.74 Å². The molecule has 0 amide bonds. The van der Waals surface area contributed by atoms with Gasteiger partial charge in [-0.05, 0) is 12.8 Å². The summed E-state index contributed by atoms with van der Waals surface area (Å²) in [6, 6.07) is 0. The van der Waals surface area contributed by atoms with Gasteiger partial charge in [0.05, 0.1) is 12.2 Å². The van der Waals surface area contributed by atoms with E-state index < -0.39 is 5.97 Å². The van der Waals surface area contributed by atoms with Crippen molar-refractivity contribution in [2.75, 3.05) is 6.61 Å². The Morgan fingerprint density at radius 2 is 1.85 bits per heavy atom. The largest absolute Gasteiger partial charge is 0.462 e. The number of Topliss-reactive ketones (excluding diaryl/α,β-unsaturated/α-hetero) is 1. The highest BCUT2D eigenvalue weighted by atomic mass is 16.5. The number of carbonyl (C=O) groups excluding carboxylic acids is 2. The zero-order valence-electron chi connectivity index (χ0n) is 8.26. The van der Waals surface area contributed by atoms with Crippen molar-refractivity contribution in [1.29, 1.82) is 0 Å². The van der Waals surface area contributed by atoms with Crippen molar-refractivity contribution in [1.82, 2.24) is 0 Å². The molecule has 3 nitrogen and oxygen atoms in total. The number of rotatable bonds is 6. The highest BCUT2D eigenvalue weighted by Crippen LogP contribution is 2.02. The summed E-state index contributed by atoms with van der Waals surface area (Å²) >= 11 is 0. The van der Waals surface area contributed by atoms with E-state index in [0.717, 1.165) is 12.8 Å². The predicted molar refractivity (Wildman–Crippen MR) is 50.3 cm³/mol. The van der Waals surface area contributed by atoms with Crippen LogP contribution in [0.4, 0.5) is 0 Å². The second-order valence-electron chi connectivity index (χ2n) is 2.79. The Hall–Kier alpha value is -1.12. The van der Waals surface area contributed by atoms with Crippen molar-refractivity contribution in [3.05, 3.63) is 12.2 Å². The van der Waals surface area contributed by atoms with Gasteiger partial charge in [0.2, 0.25) is 0 Å². The average molecular weight is 184 g/mol. The molecule has 0 bridgehead atoms. The summed E-state index contributed by atoms with van der Waals surface area (Å²) in [6.45, 7) is 7.52. The molecule has 0 aliphatic carbocycles. The monoisotopic (exact) mass is 184 g/mol. The predicted octanol–water partition coefficient (Wildman–Crippen LogP) is 1.86. The van der Waals surface area contributed by atoms with Gasteiger partial charge in [0, 0.05) is 6.42 Å². The quantitative estimate of drug-likeness (QED) is 0.274. The minimum atomic E-state index is -0.583. The van der Waals surface area contributed by atoms with E-state index in [1.807, 2.05) is 13.8 Å². The van der Waals surface area contributed by atoms with Crippen LogP contribution >= 0.6 is 0 Å². The lowest BCUT2D eigenvalue weighted by Crippen LogP contribution is -2.15. The maximum absolute atomic E-state index is 11.1. The van der Waals surface area contributed by atoms with Gasteiger partial charge in [-0.25, -0.2) is 4.79 Å². The smallest absolute Gasteiger partial charge is 0.341 e. The van der Waals surface area contributed by atoms with E-state index in [2.05, 4.69) is 6.58 Å². The van der Waals surface area contributed by atoms with Gasteiger partial charge in [0.15, 0.2) is 5.78 Å². The van der Waals surface area contributed by atoms with Crippen LogP contribution in [0.5, 0.6) is 0 Å². The zero-order chi connectivity index (χ0) is 10.3. The highest BCUT2D eigenvalue weighted by molar-refractivity contribution is 6.16. The maximum atomic E-state index is 11.1. The summed E-state index contributed by atoms with van der Waals surface area (Å²) in [5, 5.41) is 0. The van der Waals surface area contributed by atoms with Crippen LogP contribution in [0, 0.1) is 0 Å². The normalized spacial score (nSPS) is 9.38. The Balaban J connectivity index is 3.95. The molecule has 0 atom stereocenters. The Morgan fingerprint density at radius 1 is 1.23 bits per heavy atom. The summed E-state index contributed by atoms with van der Waals surface area (Å²) in [5.41, 5.74) is -0.0321. The number of ketones is 1. The van der Waals surface area contributed by atoms with Crippen molar-refractivity contribution in [3.63, 3.8) is 0 Å². The summed E-state index contributed by atoms with van der Waals surface area (Å²) in [7, 11) is 0. The molecule has 0 rings (SSSR count). The third kappa shape index (κ3) is 4.45. The molecule has 3 heteroatoms. The lowest BCUT2D eigenvalue weighted by Gasteiger charge is -2.03. The Labute approximate surface area is 78.8 Å². The molecule has 0 N–H and O–H groups in total. The van der Waals surface area contributed by atoms with Crippen molar-refractivity contribution in [2.45, 2.75) is 33.1 Å². The molecule has 0 aliphatic heterocycles. The van der Waals surface area contributed by atoms with Gasteiger partial charge in [0.1, 0.15) is 0 Å². The fraction of sp³-hybridized carbons (Fsp3) is 0.600. The van der Waals surface area contributed by atoms with Gasteiger partial charge >= 0.3 is 5.97 Å². The minimum absolute atomic E-state index is 0.0321. The first-order valence-corrected chi connectivity index (χ1v) is 4.52. The lowest BCUT2D eigenvalue weighted by molar-refractivity contribution is -0.140. The van der Waals surface area contributed by atoms with Gasteiger partial charge in [-0.3, -0.25) is 4.79 Å². The van der Waals surface area contributed by atoms with Gasteiger partial charge in [-0.15, -0.1) is 0 Å². The molecule has 0 saturated heterocycles. The molecule has 74 valence electrons. The molecular formula is C10H16O3. The zero-order valence-corrected chi connectivity index (χ0v) is 8.26. The number of carbonyl (C=O) groups is 2. The van der Waals surface area contributed by atoms with E-state index in [-0.39, 0.29) is 11.4 Å². The van der Waals surface area contributed by atoms with Crippen molar-refractivity contribution in [2.24, 2.45) is 0 Å². The lowest BCUT2D eigenvalue weighted by atomic mass is 10.1. The van der Waals surface area contributed by atoms with Gasteiger partial charge < -0.3 is 4.74 Å². The van der Waals surface area contributed by atoms with Crippen molar-refractivity contribution >= 4 is 11.8 Å². The molecule has 0 fully saturated rings. The number of ether oxygens (including phenoxy) is 1. The first-order valence-electron chi connectivity index (χ1n) is 4.52. The molecule has 0 radical (unpaired) electrons. The second kappa shape index (κ2) is 6.40. The van der Waals surface area contributed by atoms with E-state index in [1.165, 1.54) is 0 Å². The fourth-order valence-electron chi connectivity index (χ4n) is 0.774. The summed E-state index contributed by atoms with van der Waals surface area (Å²) in [6.07, 6.45) is 1.83. The number of esters is 1. The van der Waals surface area contributed by atoms with Gasteiger partial charge in [0.25, 0.3) is 0 Å². The molecule has 0 spiro atoms. The fourth-order valence-corrected chi connectivity index (χ4v) is 0.774. The molecule has 0 saturated carbocycles. The van der Waals surface area contributed by atoms with Crippen LogP contribution in [0.2, 0.25) is 0 Å². The van der Waals surface area contributed by atoms with Crippen LogP contribution in [0.3, 0.4) is 0 Å². The van der Waals surface area contributed by atoms with Crippen LogP contribution in [-0.4, -0.2) is 18.4 Å². The highest BCUT2D eigenvalue weighted by Gasteiger charge is 2.15. The van der Waals surface area contributed by atoms with E-state index in [0.29, 0.717) is 13.0 Å². The summed E-state index contributed by atoms with van der Waals surface area (Å²) in [4.78, 5) is 22.2. The van der Waals surface area contributed by atoms with E-state index >= 15 is 0 Å². The SMILES string of the molecule is C=C(C(=O)CCC)C(=O)OCCC. The van der Waals surface area contributed by atoms with Crippen LogP contribution in [-0.2, 0) is 14.3 Å². The Bertz CT molecular complexity index is 206. The molecule has 0 aliphatic rings. The minimum Gasteiger partial charge on any atom is -0.462 e. The van der Waals surface area contributed by atoms with E-state index in [1.54, 1.807) is 0 Å². The van der Waals surface area contributed by atoms with Crippen LogP contribution < -0.4 is 0 Å². The standard InChI is InChI=1S/C10H16O3/c1-4-6-9(11)8(3)10(12)13-7-5-2/h3-7H2,1-2H3. The van der Waals surface area contributed by atoms with Gasteiger partial charge in [-0.1, -0.05) is 20.4 Å². The number of hydrogen-bond acceptors (Lipinski definition) is 3. The Morgan fingerprint density at radius 3 is 2.31 bits per heavy atom. The molecule has 0 heterocycles. The first-order chi connectivity index (χ1) is 6.13. The number of hydrogen-bond donors (Lipinski definition) is 0. The molecule has 0 aromatic carbocycles. The second-order valence-corrected chi connectivity index (χ2v) is 2.79. The topological polar surface area (TPSA) is 43.4 Å². The maximum Gasteiger partial charge on any atom is 0.341 e. The third-order valence-electron chi connectivity index (χ3n) is 1.50. The van der Waals surface area contributed by atoms with Crippen molar-refractivity contribution < 1.29 is 14.3 Å². The molecule has 0 aromatic heterocycles. The van der Waals surface area contributed by atoms with Crippen molar-refractivity contribution in [3.8, 4) is 0 Å². The summed E-state index contributed by atoms with van der Waals surface area (Å²) < 4.78 is 4.76. The molecule has 0 unspecified atom stereocenters. The van der Waals surface area contributed by atoms with Crippen LogP contribution in [0.15, 0.2) is 12.2 Å². The van der Waals surface area contributed by atoms with Gasteiger partial charge in [-0.2, -0.15) is 0 Å². The molecule has 13 heavy (non-hydrogen) atoms. The first kappa shape index (κ1) is 11.9. The molecule has 0 aromatic rings. The van der Waals surface area contributed by atoms with Crippen LogP contribution in [0.1, 0.15) is 33.1 Å². The third-order valence-corrected chi connectivity index (χ3v) is 1.50. The average Bonchev–Trinajstić information content (AvgIpc) is 2.13. The van der Waals surface area contributed by atoms with E-state index in [9.17, 15) is 9.59 Å². The summed E-state index contributed by atoms with van der Waals surface area (Å²) in [5.74, 6) is -0.802. The molecular weight excluding hydrogens is 168 g/mol. The van der Waals surface area contributed by atoms with Crippen LogP contribution in [0.25, 0.3) is 0 Å². The Kier molecular flexibility index (Phi) is 5.85.